The monoisotopic (exact) mass is 334 g/mol. The van der Waals surface area contributed by atoms with Gasteiger partial charge in [-0.05, 0) is 19.9 Å². The number of nitrogens with zero attached hydrogens (tertiary/aromatic N) is 2. The lowest BCUT2D eigenvalue weighted by atomic mass is 10.2. The summed E-state index contributed by atoms with van der Waals surface area (Å²) < 4.78 is 36.7. The predicted octanol–water partition coefficient (Wildman–Crippen LogP) is 2.27. The first-order valence-electron chi connectivity index (χ1n) is 6.74. The smallest absolute Gasteiger partial charge is 0.340 e. The number of para-hydroxylation sites is 1. The number of fused-ring (bicyclic) bond motifs is 1. The van der Waals surface area contributed by atoms with Crippen LogP contribution < -0.4 is 0 Å². The van der Waals surface area contributed by atoms with E-state index in [2.05, 4.69) is 5.16 Å². The molecule has 0 amide bonds. The minimum atomic E-state index is -3.95. The molecule has 0 saturated heterocycles. The van der Waals surface area contributed by atoms with Gasteiger partial charge in [-0.15, -0.1) is 0 Å². The van der Waals surface area contributed by atoms with Crippen LogP contribution >= 0.6 is 0 Å². The average molecular weight is 334 g/mol. The van der Waals surface area contributed by atoms with Crippen LogP contribution in [0.2, 0.25) is 0 Å². The number of esters is 1. The Morgan fingerprint density at radius 3 is 2.57 bits per heavy atom. The molecule has 0 aliphatic carbocycles. The van der Waals surface area contributed by atoms with Gasteiger partial charge in [-0.3, -0.25) is 0 Å². The quantitative estimate of drug-likeness (QED) is 0.682. The highest BCUT2D eigenvalue weighted by Crippen LogP contribution is 2.29. The summed E-state index contributed by atoms with van der Waals surface area (Å²) in [7, 11) is -2.70. The Balaban J connectivity index is 2.35. The van der Waals surface area contributed by atoms with Gasteiger partial charge in [0.1, 0.15) is 5.69 Å². The lowest BCUT2D eigenvalue weighted by molar-refractivity contribution is 0.0603. The molecule has 1 aromatic carbocycles. The highest BCUT2D eigenvalue weighted by Gasteiger charge is 2.29. The van der Waals surface area contributed by atoms with E-state index < -0.39 is 16.0 Å². The third-order valence-electron chi connectivity index (χ3n) is 3.57. The molecule has 0 N–H and O–H groups in total. The minimum Gasteiger partial charge on any atom is -0.465 e. The Hall–Kier alpha value is -2.61. The van der Waals surface area contributed by atoms with E-state index in [4.69, 9.17) is 9.26 Å². The van der Waals surface area contributed by atoms with Crippen molar-refractivity contribution in [3.63, 3.8) is 0 Å². The number of methoxy groups -OCH3 is 1. The second kappa shape index (κ2) is 5.24. The molecule has 0 fully saturated rings. The first-order chi connectivity index (χ1) is 10.9. The van der Waals surface area contributed by atoms with Crippen molar-refractivity contribution < 1.29 is 22.5 Å². The molecule has 2 aromatic heterocycles. The Bertz CT molecular complexity index is 994. The third kappa shape index (κ3) is 2.22. The lowest BCUT2D eigenvalue weighted by Crippen LogP contribution is -2.13. The van der Waals surface area contributed by atoms with Crippen LogP contribution in [0.25, 0.3) is 10.9 Å². The van der Waals surface area contributed by atoms with Crippen molar-refractivity contribution >= 4 is 26.9 Å². The molecule has 0 radical (unpaired) electrons. The zero-order chi connectivity index (χ0) is 16.8. The number of ether oxygens (including phenoxy) is 1. The summed E-state index contributed by atoms with van der Waals surface area (Å²) in [6, 6.07) is 6.71. The fraction of sp³-hybridized carbons (Fsp3) is 0.200. The third-order valence-corrected chi connectivity index (χ3v) is 5.49. The van der Waals surface area contributed by atoms with E-state index in [1.54, 1.807) is 31.2 Å². The van der Waals surface area contributed by atoms with Crippen molar-refractivity contribution in [1.29, 1.82) is 0 Å². The van der Waals surface area contributed by atoms with Crippen LogP contribution in [-0.2, 0) is 14.8 Å². The van der Waals surface area contributed by atoms with Gasteiger partial charge in [0, 0.05) is 11.6 Å². The van der Waals surface area contributed by atoms with Crippen LogP contribution in [0.3, 0.4) is 0 Å². The normalized spacial score (nSPS) is 11.8. The lowest BCUT2D eigenvalue weighted by Gasteiger charge is -2.06. The van der Waals surface area contributed by atoms with Crippen molar-refractivity contribution in [3.05, 3.63) is 47.5 Å². The summed E-state index contributed by atoms with van der Waals surface area (Å²) in [5.74, 6) is -0.409. The molecule has 0 unspecified atom stereocenters. The predicted molar refractivity (Wildman–Crippen MR) is 81.8 cm³/mol. The maximum Gasteiger partial charge on any atom is 0.340 e. The van der Waals surface area contributed by atoms with E-state index in [0.717, 1.165) is 3.97 Å². The molecule has 0 aliphatic rings. The van der Waals surface area contributed by atoms with E-state index in [9.17, 15) is 13.2 Å². The average Bonchev–Trinajstić information content (AvgIpc) is 3.08. The van der Waals surface area contributed by atoms with Gasteiger partial charge in [-0.1, -0.05) is 23.4 Å². The molecule has 2 heterocycles. The van der Waals surface area contributed by atoms with E-state index in [0.29, 0.717) is 10.9 Å². The van der Waals surface area contributed by atoms with Crippen LogP contribution in [0, 0.1) is 13.8 Å². The molecule has 120 valence electrons. The number of hydrogen-bond donors (Lipinski definition) is 0. The van der Waals surface area contributed by atoms with Crippen LogP contribution in [0.15, 0.2) is 39.9 Å². The van der Waals surface area contributed by atoms with E-state index in [1.807, 2.05) is 0 Å². The molecule has 0 aliphatic heterocycles. The molecular formula is C15H14N2O5S. The standard InChI is InChI=1S/C15H14N2O5S/c1-9-14(10(2)22-16-9)23(19,20)17-8-12(15(18)21-3)11-6-4-5-7-13(11)17/h4-8H,1-3H3. The fourth-order valence-electron chi connectivity index (χ4n) is 2.56. The van der Waals surface area contributed by atoms with Crippen molar-refractivity contribution in [2.45, 2.75) is 18.7 Å². The largest absolute Gasteiger partial charge is 0.465 e. The van der Waals surface area contributed by atoms with Gasteiger partial charge >= 0.3 is 5.97 Å². The summed E-state index contributed by atoms with van der Waals surface area (Å²) in [5.41, 5.74) is 0.825. The molecule has 0 saturated carbocycles. The highest BCUT2D eigenvalue weighted by atomic mass is 32.2. The maximum absolute atomic E-state index is 13.0. The van der Waals surface area contributed by atoms with E-state index >= 15 is 0 Å². The molecule has 0 atom stereocenters. The summed E-state index contributed by atoms with van der Waals surface area (Å²) in [6.45, 7) is 3.08. The Morgan fingerprint density at radius 2 is 1.96 bits per heavy atom. The zero-order valence-electron chi connectivity index (χ0n) is 12.7. The van der Waals surface area contributed by atoms with Crippen molar-refractivity contribution in [2.24, 2.45) is 0 Å². The summed E-state index contributed by atoms with van der Waals surface area (Å²) in [4.78, 5) is 11.9. The molecule has 0 bridgehead atoms. The number of aromatic nitrogens is 2. The highest BCUT2D eigenvalue weighted by molar-refractivity contribution is 7.90. The van der Waals surface area contributed by atoms with E-state index in [-0.39, 0.29) is 21.9 Å². The SMILES string of the molecule is COC(=O)c1cn(S(=O)(=O)c2c(C)noc2C)c2ccccc12. The van der Waals surface area contributed by atoms with E-state index in [1.165, 1.54) is 20.2 Å². The van der Waals surface area contributed by atoms with Gasteiger partial charge in [-0.2, -0.15) is 0 Å². The number of carbonyl (C=O) groups excluding carboxylic acids is 1. The molecule has 0 spiro atoms. The Morgan fingerprint density at radius 1 is 1.26 bits per heavy atom. The first kappa shape index (κ1) is 15.3. The molecule has 7 nitrogen and oxygen atoms in total. The van der Waals surface area contributed by atoms with Gasteiger partial charge < -0.3 is 9.26 Å². The van der Waals surface area contributed by atoms with Gasteiger partial charge in [0.25, 0.3) is 10.0 Å². The van der Waals surface area contributed by atoms with Crippen LogP contribution in [0.5, 0.6) is 0 Å². The summed E-state index contributed by atoms with van der Waals surface area (Å²) >= 11 is 0. The second-order valence-electron chi connectivity index (χ2n) is 5.01. The number of rotatable bonds is 3. The first-order valence-corrected chi connectivity index (χ1v) is 8.18. The molecule has 23 heavy (non-hydrogen) atoms. The maximum atomic E-state index is 13.0. The van der Waals surface area contributed by atoms with Crippen molar-refractivity contribution in [3.8, 4) is 0 Å². The topological polar surface area (TPSA) is 91.4 Å². The number of carbonyl (C=O) groups is 1. The summed E-state index contributed by atoms with van der Waals surface area (Å²) in [6.07, 6.45) is 1.26. The Kier molecular flexibility index (Phi) is 3.48. The Labute approximate surface area is 132 Å². The van der Waals surface area contributed by atoms with Crippen molar-refractivity contribution in [2.75, 3.05) is 7.11 Å². The molecule has 8 heteroatoms. The van der Waals surface area contributed by atoms with Crippen LogP contribution in [-0.4, -0.2) is 30.6 Å². The molecule has 3 rings (SSSR count). The second-order valence-corrected chi connectivity index (χ2v) is 6.76. The number of benzene rings is 1. The molecular weight excluding hydrogens is 320 g/mol. The van der Waals surface area contributed by atoms with Gasteiger partial charge in [0.15, 0.2) is 10.7 Å². The fourth-order valence-corrected chi connectivity index (χ4v) is 4.23. The van der Waals surface area contributed by atoms with Gasteiger partial charge in [0.2, 0.25) is 0 Å². The zero-order valence-corrected chi connectivity index (χ0v) is 13.5. The number of aryl methyl sites for hydroxylation is 2. The summed E-state index contributed by atoms with van der Waals surface area (Å²) in [5, 5.41) is 4.18. The van der Waals surface area contributed by atoms with Crippen molar-refractivity contribution in [1.82, 2.24) is 9.13 Å². The van der Waals surface area contributed by atoms with Gasteiger partial charge in [0.05, 0.1) is 18.2 Å². The van der Waals surface area contributed by atoms with Crippen LogP contribution in [0.1, 0.15) is 21.8 Å². The van der Waals surface area contributed by atoms with Gasteiger partial charge in [-0.25, -0.2) is 17.2 Å². The molecule has 3 aromatic rings. The van der Waals surface area contributed by atoms with Crippen LogP contribution in [0.4, 0.5) is 0 Å². The minimum absolute atomic E-state index is 0.00494. The number of hydrogen-bond acceptors (Lipinski definition) is 6.